The molecule has 1 aromatic heterocycles. The van der Waals surface area contributed by atoms with Gasteiger partial charge < -0.3 is 9.73 Å². The van der Waals surface area contributed by atoms with E-state index in [9.17, 15) is 0 Å². The summed E-state index contributed by atoms with van der Waals surface area (Å²) < 4.78 is 5.93. The van der Waals surface area contributed by atoms with Crippen LogP contribution in [0.4, 0.5) is 0 Å². The molecule has 2 aromatic rings. The minimum absolute atomic E-state index is 0.743. The molecule has 0 saturated carbocycles. The first kappa shape index (κ1) is 12.4. The van der Waals surface area contributed by atoms with Crippen LogP contribution in [0.2, 0.25) is 0 Å². The lowest BCUT2D eigenvalue weighted by Gasteiger charge is -2.28. The molecule has 3 nitrogen and oxygen atoms in total. The van der Waals surface area contributed by atoms with E-state index in [1.165, 1.54) is 31.2 Å². The van der Waals surface area contributed by atoms with Crippen molar-refractivity contribution in [3.8, 4) is 0 Å². The molecule has 2 atom stereocenters. The highest BCUT2D eigenvalue weighted by Crippen LogP contribution is 2.33. The van der Waals surface area contributed by atoms with Crippen LogP contribution in [0, 0.1) is 5.92 Å². The fourth-order valence-electron chi connectivity index (χ4n) is 3.92. The molecule has 2 fully saturated rings. The summed E-state index contributed by atoms with van der Waals surface area (Å²) in [5, 5.41) is 3.70. The third-order valence-electron chi connectivity index (χ3n) is 4.94. The predicted molar refractivity (Wildman–Crippen MR) is 79.8 cm³/mol. The molecule has 2 saturated heterocycles. The van der Waals surface area contributed by atoms with Gasteiger partial charge in [-0.25, -0.2) is 4.98 Å². The largest absolute Gasteiger partial charge is 0.441 e. The van der Waals surface area contributed by atoms with E-state index >= 15 is 0 Å². The minimum Gasteiger partial charge on any atom is -0.441 e. The van der Waals surface area contributed by atoms with Gasteiger partial charge in [0.1, 0.15) is 5.52 Å². The van der Waals surface area contributed by atoms with Crippen molar-refractivity contribution in [3.63, 3.8) is 0 Å². The van der Waals surface area contributed by atoms with E-state index < -0.39 is 0 Å². The minimum atomic E-state index is 0.743. The van der Waals surface area contributed by atoms with E-state index in [4.69, 9.17) is 9.40 Å². The Hall–Kier alpha value is -1.35. The number of hydrogen-bond acceptors (Lipinski definition) is 3. The number of benzene rings is 1. The van der Waals surface area contributed by atoms with Crippen LogP contribution in [0.25, 0.3) is 11.1 Å². The number of nitrogens with zero attached hydrogens (tertiary/aromatic N) is 1. The van der Waals surface area contributed by atoms with E-state index in [-0.39, 0.29) is 0 Å². The lowest BCUT2D eigenvalue weighted by atomic mass is 9.90. The number of rotatable bonds is 3. The van der Waals surface area contributed by atoms with Gasteiger partial charge in [0.2, 0.25) is 0 Å². The second-order valence-electron chi connectivity index (χ2n) is 6.44. The number of hydrogen-bond donors (Lipinski definition) is 1. The molecule has 106 valence electrons. The van der Waals surface area contributed by atoms with Crippen LogP contribution in [0.1, 0.15) is 44.1 Å². The summed E-state index contributed by atoms with van der Waals surface area (Å²) in [7, 11) is 0. The Morgan fingerprint density at radius 2 is 2.05 bits per heavy atom. The first-order valence-electron chi connectivity index (χ1n) is 7.94. The second-order valence-corrected chi connectivity index (χ2v) is 6.44. The van der Waals surface area contributed by atoms with Crippen LogP contribution in [-0.4, -0.2) is 17.1 Å². The average Bonchev–Trinajstić information content (AvgIpc) is 3.00. The first-order chi connectivity index (χ1) is 9.80. The number of fused-ring (bicyclic) bond motifs is 3. The molecular formula is C17H22N2O. The lowest BCUT2D eigenvalue weighted by molar-refractivity contribution is 0.284. The van der Waals surface area contributed by atoms with Gasteiger partial charge in [-0.1, -0.05) is 13.0 Å². The van der Waals surface area contributed by atoms with Crippen LogP contribution < -0.4 is 5.32 Å². The molecule has 3 heteroatoms. The molecule has 3 heterocycles. The van der Waals surface area contributed by atoms with Crippen molar-refractivity contribution in [2.75, 3.05) is 0 Å². The highest BCUT2D eigenvalue weighted by molar-refractivity contribution is 5.73. The summed E-state index contributed by atoms with van der Waals surface area (Å²) in [6.45, 7) is 2.17. The highest BCUT2D eigenvalue weighted by Gasteiger charge is 2.33. The van der Waals surface area contributed by atoms with Crippen LogP contribution in [0.5, 0.6) is 0 Å². The maximum absolute atomic E-state index is 5.93. The van der Waals surface area contributed by atoms with Gasteiger partial charge in [0.05, 0.1) is 0 Å². The Balaban J connectivity index is 1.53. The van der Waals surface area contributed by atoms with Crippen LogP contribution in [0.3, 0.4) is 0 Å². The fraction of sp³-hybridized carbons (Fsp3) is 0.588. The molecule has 2 bridgehead atoms. The van der Waals surface area contributed by atoms with Gasteiger partial charge in [-0.3, -0.25) is 0 Å². The monoisotopic (exact) mass is 270 g/mol. The predicted octanol–water partition coefficient (Wildman–Crippen LogP) is 3.46. The van der Waals surface area contributed by atoms with E-state index in [0.29, 0.717) is 0 Å². The molecule has 0 amide bonds. The molecule has 4 rings (SSSR count). The summed E-state index contributed by atoms with van der Waals surface area (Å²) in [6.07, 6.45) is 7.34. The summed E-state index contributed by atoms with van der Waals surface area (Å²) in [5.74, 6) is 1.67. The van der Waals surface area contributed by atoms with Crippen molar-refractivity contribution in [1.82, 2.24) is 10.3 Å². The summed E-state index contributed by atoms with van der Waals surface area (Å²) >= 11 is 0. The van der Waals surface area contributed by atoms with E-state index in [0.717, 1.165) is 47.8 Å². The molecule has 2 aliphatic heterocycles. The van der Waals surface area contributed by atoms with Crippen molar-refractivity contribution in [1.29, 1.82) is 0 Å². The summed E-state index contributed by atoms with van der Waals surface area (Å²) in [5.41, 5.74) is 3.29. The summed E-state index contributed by atoms with van der Waals surface area (Å²) in [4.78, 5) is 4.70. The SMILES string of the molecule is CCc1ccc2oc(CC3CC4CCC(C3)N4)nc2c1. The Labute approximate surface area is 119 Å². The fourth-order valence-corrected chi connectivity index (χ4v) is 3.92. The van der Waals surface area contributed by atoms with Gasteiger partial charge in [0.15, 0.2) is 11.5 Å². The Morgan fingerprint density at radius 1 is 1.25 bits per heavy atom. The molecule has 1 aromatic carbocycles. The third kappa shape index (κ3) is 2.24. The van der Waals surface area contributed by atoms with Crippen molar-refractivity contribution < 1.29 is 4.42 Å². The van der Waals surface area contributed by atoms with Gasteiger partial charge in [0.25, 0.3) is 0 Å². The molecular weight excluding hydrogens is 248 g/mol. The molecule has 0 spiro atoms. The Bertz CT molecular complexity index is 606. The van der Waals surface area contributed by atoms with Crippen molar-refractivity contribution >= 4 is 11.1 Å². The number of oxazole rings is 1. The quantitative estimate of drug-likeness (QED) is 0.928. The standard InChI is InChI=1S/C17H22N2O/c1-2-11-3-6-16-15(9-11)19-17(20-16)10-12-7-13-4-5-14(8-12)18-13/h3,6,9,12-14,18H,2,4-5,7-8,10H2,1H3. The maximum Gasteiger partial charge on any atom is 0.195 e. The molecule has 20 heavy (non-hydrogen) atoms. The normalized spacial score (nSPS) is 29.1. The van der Waals surface area contributed by atoms with E-state index in [1.54, 1.807) is 0 Å². The van der Waals surface area contributed by atoms with Crippen LogP contribution >= 0.6 is 0 Å². The topological polar surface area (TPSA) is 38.1 Å². The zero-order chi connectivity index (χ0) is 13.5. The highest BCUT2D eigenvalue weighted by atomic mass is 16.3. The van der Waals surface area contributed by atoms with Crippen molar-refractivity contribution in [2.45, 2.75) is 57.5 Å². The van der Waals surface area contributed by atoms with Crippen LogP contribution in [-0.2, 0) is 12.8 Å². The van der Waals surface area contributed by atoms with Crippen LogP contribution in [0.15, 0.2) is 22.6 Å². The van der Waals surface area contributed by atoms with Crippen molar-refractivity contribution in [3.05, 3.63) is 29.7 Å². The average molecular weight is 270 g/mol. The van der Waals surface area contributed by atoms with E-state index in [2.05, 4.69) is 30.4 Å². The molecule has 2 aliphatic rings. The smallest absolute Gasteiger partial charge is 0.195 e. The second kappa shape index (κ2) is 4.88. The number of nitrogens with one attached hydrogen (secondary N) is 1. The van der Waals surface area contributed by atoms with Gasteiger partial charge in [-0.15, -0.1) is 0 Å². The maximum atomic E-state index is 5.93. The Kier molecular flexibility index (Phi) is 3.03. The number of piperidine rings is 1. The van der Waals surface area contributed by atoms with Gasteiger partial charge in [0, 0.05) is 18.5 Å². The van der Waals surface area contributed by atoms with Gasteiger partial charge >= 0.3 is 0 Å². The lowest BCUT2D eigenvalue weighted by Crippen LogP contribution is -2.38. The first-order valence-corrected chi connectivity index (χ1v) is 7.94. The zero-order valence-corrected chi connectivity index (χ0v) is 12.1. The zero-order valence-electron chi connectivity index (χ0n) is 12.1. The molecule has 0 aliphatic carbocycles. The van der Waals surface area contributed by atoms with E-state index in [1.807, 2.05) is 0 Å². The van der Waals surface area contributed by atoms with Gasteiger partial charge in [-0.2, -0.15) is 0 Å². The number of aromatic nitrogens is 1. The summed E-state index contributed by atoms with van der Waals surface area (Å²) in [6, 6.07) is 7.86. The van der Waals surface area contributed by atoms with Gasteiger partial charge in [-0.05, 0) is 55.7 Å². The molecule has 1 N–H and O–H groups in total. The third-order valence-corrected chi connectivity index (χ3v) is 4.94. The molecule has 0 radical (unpaired) electrons. The van der Waals surface area contributed by atoms with Crippen molar-refractivity contribution in [2.24, 2.45) is 5.92 Å². The molecule has 2 unspecified atom stereocenters. The number of aryl methyl sites for hydroxylation is 1. The Morgan fingerprint density at radius 3 is 2.80 bits per heavy atom.